The Bertz CT molecular complexity index is 157. The van der Waals surface area contributed by atoms with E-state index in [0.717, 1.165) is 12.3 Å². The predicted molar refractivity (Wildman–Crippen MR) is 63.1 cm³/mol. The Morgan fingerprint density at radius 2 is 1.64 bits per heavy atom. The van der Waals surface area contributed by atoms with E-state index in [1.54, 1.807) is 0 Å². The van der Waals surface area contributed by atoms with Gasteiger partial charge in [0.05, 0.1) is 0 Å². The minimum Gasteiger partial charge on any atom is -0.120 e. The van der Waals surface area contributed by atoms with E-state index in [2.05, 4.69) is 5.92 Å². The van der Waals surface area contributed by atoms with Gasteiger partial charge in [-0.25, -0.2) is 0 Å². The van der Waals surface area contributed by atoms with Crippen molar-refractivity contribution >= 4 is 0 Å². The van der Waals surface area contributed by atoms with Crippen molar-refractivity contribution in [2.45, 2.75) is 70.6 Å². The number of rotatable bonds is 6. The van der Waals surface area contributed by atoms with Crippen molar-refractivity contribution in [3.05, 3.63) is 0 Å². The van der Waals surface area contributed by atoms with Gasteiger partial charge in [-0.3, -0.25) is 0 Å². The molecular formula is C14H24. The third-order valence-corrected chi connectivity index (χ3v) is 3.41. The molecule has 0 N–H and O–H groups in total. The molecule has 1 rings (SSSR count). The van der Waals surface area contributed by atoms with Crippen LogP contribution in [0.25, 0.3) is 0 Å². The second-order valence-electron chi connectivity index (χ2n) is 4.66. The molecule has 0 radical (unpaired) electrons. The summed E-state index contributed by atoms with van der Waals surface area (Å²) in [5, 5.41) is 0. The zero-order valence-electron chi connectivity index (χ0n) is 9.43. The summed E-state index contributed by atoms with van der Waals surface area (Å²) in [6.45, 7) is 0. The zero-order valence-corrected chi connectivity index (χ0v) is 9.43. The van der Waals surface area contributed by atoms with Gasteiger partial charge in [-0.1, -0.05) is 57.8 Å². The van der Waals surface area contributed by atoms with Gasteiger partial charge in [-0.2, -0.15) is 0 Å². The fraction of sp³-hybridized carbons (Fsp3) is 0.857. The smallest absolute Gasteiger partial charge is 0.00860 e. The first-order chi connectivity index (χ1) is 6.93. The molecule has 0 spiro atoms. The van der Waals surface area contributed by atoms with E-state index in [1.165, 1.54) is 64.2 Å². The van der Waals surface area contributed by atoms with Crippen LogP contribution in [0.3, 0.4) is 0 Å². The summed E-state index contributed by atoms with van der Waals surface area (Å²) in [5.74, 6) is 3.77. The molecule has 0 bridgehead atoms. The first-order valence-electron chi connectivity index (χ1n) is 6.37. The van der Waals surface area contributed by atoms with Gasteiger partial charge in [0.25, 0.3) is 0 Å². The molecule has 0 aromatic rings. The monoisotopic (exact) mass is 192 g/mol. The molecular weight excluding hydrogens is 168 g/mol. The molecule has 1 saturated carbocycles. The van der Waals surface area contributed by atoms with Crippen LogP contribution in [-0.4, -0.2) is 0 Å². The summed E-state index contributed by atoms with van der Waals surface area (Å²) in [7, 11) is 0. The standard InChI is InChI=1S/C14H24/c1-2-3-4-5-6-8-11-14-12-9-7-10-13-14/h1,14H,3-13H2. The maximum atomic E-state index is 5.21. The van der Waals surface area contributed by atoms with Crippen molar-refractivity contribution in [2.24, 2.45) is 5.92 Å². The van der Waals surface area contributed by atoms with Crippen molar-refractivity contribution in [3.63, 3.8) is 0 Å². The minimum absolute atomic E-state index is 0.976. The van der Waals surface area contributed by atoms with Crippen LogP contribution < -0.4 is 0 Å². The molecule has 0 saturated heterocycles. The van der Waals surface area contributed by atoms with Gasteiger partial charge in [0.15, 0.2) is 0 Å². The largest absolute Gasteiger partial charge is 0.120 e. The number of unbranched alkanes of at least 4 members (excludes halogenated alkanes) is 4. The summed E-state index contributed by atoms with van der Waals surface area (Å²) in [6.07, 6.45) is 20.6. The van der Waals surface area contributed by atoms with Crippen LogP contribution >= 0.6 is 0 Å². The molecule has 0 amide bonds. The SMILES string of the molecule is C#CCCCCCCC1CCCCC1. The highest BCUT2D eigenvalue weighted by Gasteiger charge is 2.12. The van der Waals surface area contributed by atoms with Crippen LogP contribution in [0.1, 0.15) is 70.6 Å². The molecule has 0 unspecified atom stereocenters. The second kappa shape index (κ2) is 7.92. The molecule has 1 fully saturated rings. The molecule has 0 heterocycles. The van der Waals surface area contributed by atoms with Gasteiger partial charge in [-0.05, 0) is 12.3 Å². The van der Waals surface area contributed by atoms with Gasteiger partial charge in [0, 0.05) is 6.42 Å². The van der Waals surface area contributed by atoms with E-state index < -0.39 is 0 Å². The van der Waals surface area contributed by atoms with Crippen molar-refractivity contribution in [2.75, 3.05) is 0 Å². The van der Waals surface area contributed by atoms with E-state index >= 15 is 0 Å². The molecule has 0 aliphatic heterocycles. The highest BCUT2D eigenvalue weighted by molar-refractivity contribution is 4.82. The van der Waals surface area contributed by atoms with Gasteiger partial charge in [-0.15, -0.1) is 12.3 Å². The Morgan fingerprint density at radius 1 is 0.929 bits per heavy atom. The third-order valence-electron chi connectivity index (χ3n) is 3.41. The van der Waals surface area contributed by atoms with Crippen molar-refractivity contribution < 1.29 is 0 Å². The van der Waals surface area contributed by atoms with Crippen LogP contribution in [0.2, 0.25) is 0 Å². The normalized spacial score (nSPS) is 17.9. The molecule has 0 heteroatoms. The Labute approximate surface area is 89.5 Å². The summed E-state index contributed by atoms with van der Waals surface area (Å²) in [4.78, 5) is 0. The fourth-order valence-electron chi connectivity index (χ4n) is 2.49. The molecule has 80 valence electrons. The molecule has 0 nitrogen and oxygen atoms in total. The minimum atomic E-state index is 0.976. The number of terminal acetylenes is 1. The van der Waals surface area contributed by atoms with Gasteiger partial charge < -0.3 is 0 Å². The van der Waals surface area contributed by atoms with E-state index in [0.29, 0.717) is 0 Å². The average molecular weight is 192 g/mol. The molecule has 0 aromatic carbocycles. The number of hydrogen-bond acceptors (Lipinski definition) is 0. The lowest BCUT2D eigenvalue weighted by atomic mass is 9.85. The van der Waals surface area contributed by atoms with E-state index in [1.807, 2.05) is 0 Å². The average Bonchev–Trinajstić information content (AvgIpc) is 2.25. The Balaban J connectivity index is 1.85. The fourth-order valence-corrected chi connectivity index (χ4v) is 2.49. The van der Waals surface area contributed by atoms with E-state index in [-0.39, 0.29) is 0 Å². The highest BCUT2D eigenvalue weighted by atomic mass is 14.2. The Kier molecular flexibility index (Phi) is 6.58. The van der Waals surface area contributed by atoms with E-state index in [4.69, 9.17) is 6.42 Å². The molecule has 14 heavy (non-hydrogen) atoms. The second-order valence-corrected chi connectivity index (χ2v) is 4.66. The maximum absolute atomic E-state index is 5.21. The molecule has 0 atom stereocenters. The van der Waals surface area contributed by atoms with Crippen LogP contribution in [0.15, 0.2) is 0 Å². The lowest BCUT2D eigenvalue weighted by Crippen LogP contribution is -2.05. The van der Waals surface area contributed by atoms with E-state index in [9.17, 15) is 0 Å². The van der Waals surface area contributed by atoms with Gasteiger partial charge >= 0.3 is 0 Å². The lowest BCUT2D eigenvalue weighted by Gasteiger charge is -2.21. The van der Waals surface area contributed by atoms with Gasteiger partial charge in [0.2, 0.25) is 0 Å². The Morgan fingerprint density at radius 3 is 2.36 bits per heavy atom. The van der Waals surface area contributed by atoms with Crippen molar-refractivity contribution in [1.82, 2.24) is 0 Å². The zero-order chi connectivity index (χ0) is 10.1. The summed E-state index contributed by atoms with van der Waals surface area (Å²) in [5.41, 5.74) is 0. The molecule has 0 aromatic heterocycles. The lowest BCUT2D eigenvalue weighted by molar-refractivity contribution is 0.328. The highest BCUT2D eigenvalue weighted by Crippen LogP contribution is 2.27. The molecule has 1 aliphatic carbocycles. The first-order valence-corrected chi connectivity index (χ1v) is 6.37. The predicted octanol–water partition coefficient (Wildman–Crippen LogP) is 4.54. The summed E-state index contributed by atoms with van der Waals surface area (Å²) < 4.78 is 0. The van der Waals surface area contributed by atoms with Crippen LogP contribution in [0.5, 0.6) is 0 Å². The summed E-state index contributed by atoms with van der Waals surface area (Å²) >= 11 is 0. The van der Waals surface area contributed by atoms with Crippen molar-refractivity contribution in [3.8, 4) is 12.3 Å². The number of hydrogen-bond donors (Lipinski definition) is 0. The first kappa shape index (κ1) is 11.6. The van der Waals surface area contributed by atoms with Crippen LogP contribution in [0, 0.1) is 18.3 Å². The van der Waals surface area contributed by atoms with Crippen molar-refractivity contribution in [1.29, 1.82) is 0 Å². The topological polar surface area (TPSA) is 0 Å². The molecule has 1 aliphatic rings. The summed E-state index contributed by atoms with van der Waals surface area (Å²) in [6, 6.07) is 0. The van der Waals surface area contributed by atoms with Crippen LogP contribution in [-0.2, 0) is 0 Å². The third kappa shape index (κ3) is 5.32. The Hall–Kier alpha value is -0.440. The van der Waals surface area contributed by atoms with Gasteiger partial charge in [0.1, 0.15) is 0 Å². The quantitative estimate of drug-likeness (QED) is 0.428. The van der Waals surface area contributed by atoms with Crippen LogP contribution in [0.4, 0.5) is 0 Å². The maximum Gasteiger partial charge on any atom is 0.00860 e.